The minimum atomic E-state index is -2.61. The molecule has 0 bridgehead atoms. The molecule has 3 aromatic heterocycles. The third-order valence-corrected chi connectivity index (χ3v) is 8.39. The van der Waals surface area contributed by atoms with Gasteiger partial charge in [-0.3, -0.25) is 9.78 Å². The summed E-state index contributed by atoms with van der Waals surface area (Å²) < 4.78 is 41.2. The normalized spacial score (nSPS) is 17.5. The highest BCUT2D eigenvalue weighted by Crippen LogP contribution is 2.41. The quantitative estimate of drug-likeness (QED) is 0.0907. The van der Waals surface area contributed by atoms with Crippen LogP contribution >= 0.6 is 0 Å². The van der Waals surface area contributed by atoms with Crippen LogP contribution in [0.1, 0.15) is 81.5 Å². The summed E-state index contributed by atoms with van der Waals surface area (Å²) in [6.45, 7) is 3.99. The molecule has 1 unspecified atom stereocenters. The molecule has 0 radical (unpaired) electrons. The molecule has 1 fully saturated rings. The van der Waals surface area contributed by atoms with E-state index in [9.17, 15) is 23.5 Å². The molecule has 254 valence electrons. The van der Waals surface area contributed by atoms with Crippen LogP contribution in [0.25, 0.3) is 11.3 Å². The van der Waals surface area contributed by atoms with Gasteiger partial charge >= 0.3 is 12.1 Å². The average molecular weight is 656 g/mol. The molecule has 1 aliphatic carbocycles. The number of aliphatic hydroxyl groups is 1. The highest BCUT2D eigenvalue weighted by Gasteiger charge is 2.39. The summed E-state index contributed by atoms with van der Waals surface area (Å²) in [6.07, 6.45) is 5.20. The van der Waals surface area contributed by atoms with E-state index in [0.29, 0.717) is 61.4 Å². The van der Waals surface area contributed by atoms with Gasteiger partial charge in [0.05, 0.1) is 23.9 Å². The number of nitrogens with zero attached hydrogens (tertiary/aromatic N) is 3. The second-order valence-electron chi connectivity index (χ2n) is 12.0. The Morgan fingerprint density at radius 1 is 1.00 bits per heavy atom. The zero-order chi connectivity index (χ0) is 33.8. The van der Waals surface area contributed by atoms with E-state index in [-0.39, 0.29) is 29.8 Å². The zero-order valence-electron chi connectivity index (χ0n) is 26.8. The fraction of sp³-hybridized carbons (Fsp3) is 0.500. The first kappa shape index (κ1) is 35.6. The lowest BCUT2D eigenvalue weighted by Gasteiger charge is -2.37. The van der Waals surface area contributed by atoms with E-state index in [0.717, 1.165) is 24.8 Å². The van der Waals surface area contributed by atoms with Crippen LogP contribution in [-0.2, 0) is 24.6 Å². The van der Waals surface area contributed by atoms with Crippen LogP contribution in [0.4, 0.5) is 25.2 Å². The highest BCUT2D eigenvalue weighted by atomic mass is 19.3. The summed E-state index contributed by atoms with van der Waals surface area (Å²) in [5.41, 5.74) is 6.79. The Labute approximate surface area is 273 Å². The lowest BCUT2D eigenvalue weighted by Crippen LogP contribution is -2.37. The van der Waals surface area contributed by atoms with Crippen molar-refractivity contribution in [3.63, 3.8) is 0 Å². The number of hydrogen-bond acceptors (Lipinski definition) is 11. The summed E-state index contributed by atoms with van der Waals surface area (Å²) in [5.74, 6) is -0.236. The van der Waals surface area contributed by atoms with Gasteiger partial charge in [0.1, 0.15) is 17.2 Å². The number of rotatable bonds is 15. The van der Waals surface area contributed by atoms with Gasteiger partial charge in [-0.05, 0) is 107 Å². The van der Waals surface area contributed by atoms with Crippen molar-refractivity contribution in [3.05, 3.63) is 65.6 Å². The van der Waals surface area contributed by atoms with Crippen LogP contribution in [0.5, 0.6) is 0 Å². The van der Waals surface area contributed by atoms with Crippen molar-refractivity contribution in [1.82, 2.24) is 15.0 Å². The molecule has 4 N–H and O–H groups in total. The third kappa shape index (κ3) is 10.4. The minimum Gasteiger partial charge on any atom is -0.434 e. The van der Waals surface area contributed by atoms with Gasteiger partial charge in [0.25, 0.3) is 6.43 Å². The van der Waals surface area contributed by atoms with Gasteiger partial charge in [0, 0.05) is 23.5 Å². The number of nitrogens with two attached hydrogens (primary N) is 1. The first-order valence-corrected chi connectivity index (χ1v) is 15.9. The molecular formula is C34H43F2N5O6. The first-order valence-electron chi connectivity index (χ1n) is 15.9. The highest BCUT2D eigenvalue weighted by molar-refractivity contribution is 5.72. The molecule has 0 spiro atoms. The average Bonchev–Trinajstić information content (AvgIpc) is 3.06. The molecule has 13 heteroatoms. The zero-order valence-corrected chi connectivity index (χ0v) is 26.8. The molecule has 0 saturated heterocycles. The standard InChI is InChI=1S/C34H43F2N5O6/c1-22-17-27(40-30(18-22)41-29-19-24(31(35)36)13-15-38-29)25-9-12-28(39-20-25)34(2,44)26-10-7-23(8-11-26)32(42)46-21-47-33(43)45-16-6-4-3-5-14-37/h9,12-13,15,17-20,23,26,31,44H,3-8,10-11,14,16,21,37H2,1-2H3,(H,38,40,41). The van der Waals surface area contributed by atoms with Crippen molar-refractivity contribution in [2.24, 2.45) is 17.6 Å². The van der Waals surface area contributed by atoms with Crippen molar-refractivity contribution >= 4 is 23.8 Å². The van der Waals surface area contributed by atoms with Crippen molar-refractivity contribution in [3.8, 4) is 11.3 Å². The van der Waals surface area contributed by atoms with Gasteiger partial charge in [-0.25, -0.2) is 23.5 Å². The van der Waals surface area contributed by atoms with Gasteiger partial charge in [0.2, 0.25) is 6.79 Å². The summed E-state index contributed by atoms with van der Waals surface area (Å²) >= 11 is 0. The number of aromatic nitrogens is 3. The van der Waals surface area contributed by atoms with E-state index in [2.05, 4.69) is 20.3 Å². The number of aryl methyl sites for hydroxylation is 1. The topological polar surface area (TPSA) is 159 Å². The predicted molar refractivity (Wildman–Crippen MR) is 171 cm³/mol. The second kappa shape index (κ2) is 17.1. The number of esters is 1. The molecule has 1 atom stereocenters. The fourth-order valence-electron chi connectivity index (χ4n) is 5.66. The number of nitrogens with one attached hydrogen (secondary N) is 1. The Hall–Kier alpha value is -4.23. The molecular weight excluding hydrogens is 612 g/mol. The number of anilines is 2. The molecule has 1 saturated carbocycles. The maximum Gasteiger partial charge on any atom is 0.511 e. The smallest absolute Gasteiger partial charge is 0.434 e. The summed E-state index contributed by atoms with van der Waals surface area (Å²) in [6, 6.07) is 9.80. The van der Waals surface area contributed by atoms with Crippen LogP contribution in [0.3, 0.4) is 0 Å². The summed E-state index contributed by atoms with van der Waals surface area (Å²) in [7, 11) is 0. The molecule has 0 amide bonds. The first-order chi connectivity index (χ1) is 22.6. The van der Waals surface area contributed by atoms with Gasteiger partial charge < -0.3 is 30.4 Å². The number of ether oxygens (including phenoxy) is 3. The Morgan fingerprint density at radius 3 is 2.47 bits per heavy atom. The number of carbonyl (C=O) groups excluding carboxylic acids is 2. The molecule has 0 aromatic carbocycles. The molecule has 3 heterocycles. The van der Waals surface area contributed by atoms with E-state index < -0.39 is 30.9 Å². The predicted octanol–water partition coefficient (Wildman–Crippen LogP) is 6.72. The molecule has 0 aliphatic heterocycles. The van der Waals surface area contributed by atoms with E-state index in [1.54, 1.807) is 25.3 Å². The van der Waals surface area contributed by atoms with E-state index >= 15 is 0 Å². The number of carbonyl (C=O) groups is 2. The summed E-state index contributed by atoms with van der Waals surface area (Å²) in [4.78, 5) is 37.5. The fourth-order valence-corrected chi connectivity index (χ4v) is 5.66. The third-order valence-electron chi connectivity index (χ3n) is 8.39. The number of unbranched alkanes of at least 4 members (excludes halogenated alkanes) is 3. The largest absolute Gasteiger partial charge is 0.511 e. The number of hydrogen-bond donors (Lipinski definition) is 3. The number of halogens is 2. The van der Waals surface area contributed by atoms with E-state index in [1.807, 2.05) is 19.1 Å². The van der Waals surface area contributed by atoms with Crippen molar-refractivity contribution in [2.75, 3.05) is 25.3 Å². The van der Waals surface area contributed by atoms with Crippen LogP contribution in [-0.4, -0.2) is 52.1 Å². The van der Waals surface area contributed by atoms with Crippen LogP contribution < -0.4 is 11.1 Å². The van der Waals surface area contributed by atoms with Crippen LogP contribution in [0.15, 0.2) is 48.8 Å². The lowest BCUT2D eigenvalue weighted by molar-refractivity contribution is -0.160. The molecule has 1 aliphatic rings. The van der Waals surface area contributed by atoms with Gasteiger partial charge in [-0.1, -0.05) is 12.8 Å². The minimum absolute atomic E-state index is 0.134. The second-order valence-corrected chi connectivity index (χ2v) is 12.0. The summed E-state index contributed by atoms with van der Waals surface area (Å²) in [5, 5.41) is 14.5. The molecule has 47 heavy (non-hydrogen) atoms. The Balaban J connectivity index is 1.26. The van der Waals surface area contributed by atoms with Gasteiger partial charge in [-0.15, -0.1) is 0 Å². The van der Waals surface area contributed by atoms with Gasteiger partial charge in [0.15, 0.2) is 0 Å². The van der Waals surface area contributed by atoms with Crippen LogP contribution in [0.2, 0.25) is 0 Å². The van der Waals surface area contributed by atoms with Gasteiger partial charge in [-0.2, -0.15) is 0 Å². The number of alkyl halides is 2. The maximum absolute atomic E-state index is 13.1. The van der Waals surface area contributed by atoms with Crippen LogP contribution in [0, 0.1) is 18.8 Å². The lowest BCUT2D eigenvalue weighted by atomic mass is 9.73. The Bertz CT molecular complexity index is 1470. The number of pyridine rings is 3. The van der Waals surface area contributed by atoms with Crippen molar-refractivity contribution in [2.45, 2.75) is 77.2 Å². The maximum atomic E-state index is 13.1. The van der Waals surface area contributed by atoms with E-state index in [1.165, 1.54) is 18.3 Å². The monoisotopic (exact) mass is 655 g/mol. The SMILES string of the molecule is Cc1cc(Nc2cc(C(F)F)ccn2)nc(-c2ccc(C(C)(O)C3CCC(C(=O)OCOC(=O)OCCCCCCN)CC3)nc2)c1. The van der Waals surface area contributed by atoms with E-state index in [4.69, 9.17) is 19.9 Å². The molecule has 11 nitrogen and oxygen atoms in total. The van der Waals surface area contributed by atoms with Crippen molar-refractivity contribution < 1.29 is 37.7 Å². The molecule has 4 rings (SSSR count). The Morgan fingerprint density at radius 2 is 1.77 bits per heavy atom. The molecule has 3 aromatic rings. The Kier molecular flexibility index (Phi) is 12.9. The van der Waals surface area contributed by atoms with Crippen molar-refractivity contribution in [1.29, 1.82) is 0 Å².